The Hall–Kier alpha value is -2.01. The van der Waals surface area contributed by atoms with E-state index in [-0.39, 0.29) is 0 Å². The molecular formula is C17H20N2O2S. The molecule has 22 heavy (non-hydrogen) atoms. The van der Waals surface area contributed by atoms with Crippen LogP contribution in [0.15, 0.2) is 41.3 Å². The van der Waals surface area contributed by atoms with E-state index in [1.165, 1.54) is 0 Å². The van der Waals surface area contributed by atoms with E-state index >= 15 is 0 Å². The number of benzene rings is 2. The number of anilines is 2. The van der Waals surface area contributed by atoms with Crippen molar-refractivity contribution >= 4 is 21.4 Å². The molecule has 4 nitrogen and oxygen atoms in total. The summed E-state index contributed by atoms with van der Waals surface area (Å²) in [5, 5.41) is 3.33. The van der Waals surface area contributed by atoms with Gasteiger partial charge in [-0.1, -0.05) is 6.07 Å². The lowest BCUT2D eigenvalue weighted by atomic mass is 10.1. The Kier molecular flexibility index (Phi) is 3.60. The lowest BCUT2D eigenvalue weighted by molar-refractivity contribution is 0.601. The molecule has 1 aliphatic rings. The van der Waals surface area contributed by atoms with Crippen LogP contribution in [0.25, 0.3) is 0 Å². The molecule has 2 aromatic rings. The normalized spacial score (nSPS) is 17.0. The van der Waals surface area contributed by atoms with Gasteiger partial charge in [-0.2, -0.15) is 0 Å². The molecule has 3 rings (SSSR count). The largest absolute Gasteiger partial charge is 0.382 e. The van der Waals surface area contributed by atoms with Gasteiger partial charge in [0.15, 0.2) is 0 Å². The minimum atomic E-state index is -3.56. The van der Waals surface area contributed by atoms with E-state index in [2.05, 4.69) is 17.0 Å². The molecule has 0 fully saturated rings. The standard InChI is InChI=1S/C17H20N2O2S/c1-11-6-12(2)8-15(7-11)19-22(20,21)16-4-5-17-14(10-16)9-13(3)18-17/h4-8,10,13,18-19H,9H2,1-3H3/t13-/m0/s1. The van der Waals surface area contributed by atoms with E-state index in [4.69, 9.17) is 0 Å². The summed E-state index contributed by atoms with van der Waals surface area (Å²) in [7, 11) is -3.56. The second-order valence-corrected chi connectivity index (χ2v) is 7.73. The van der Waals surface area contributed by atoms with Crippen molar-refractivity contribution in [2.45, 2.75) is 38.1 Å². The fourth-order valence-electron chi connectivity index (χ4n) is 2.94. The number of fused-ring (bicyclic) bond motifs is 1. The number of hydrogen-bond acceptors (Lipinski definition) is 3. The van der Waals surface area contributed by atoms with Gasteiger partial charge in [0.05, 0.1) is 4.90 Å². The third-order valence-corrected chi connectivity index (χ3v) is 5.17. The zero-order valence-electron chi connectivity index (χ0n) is 13.0. The summed E-state index contributed by atoms with van der Waals surface area (Å²) < 4.78 is 27.8. The molecule has 0 unspecified atom stereocenters. The number of rotatable bonds is 3. The van der Waals surface area contributed by atoms with Crippen LogP contribution >= 0.6 is 0 Å². The van der Waals surface area contributed by atoms with E-state index in [9.17, 15) is 8.42 Å². The third-order valence-electron chi connectivity index (χ3n) is 3.79. The van der Waals surface area contributed by atoms with Gasteiger partial charge in [-0.15, -0.1) is 0 Å². The minimum absolute atomic E-state index is 0.307. The third kappa shape index (κ3) is 2.95. The molecule has 2 aromatic carbocycles. The van der Waals surface area contributed by atoms with Crippen molar-refractivity contribution in [3.63, 3.8) is 0 Å². The number of sulfonamides is 1. The summed E-state index contributed by atoms with van der Waals surface area (Å²) in [6, 6.07) is 11.3. The first-order chi connectivity index (χ1) is 10.3. The second-order valence-electron chi connectivity index (χ2n) is 6.05. The average Bonchev–Trinajstić information content (AvgIpc) is 2.75. The van der Waals surface area contributed by atoms with E-state index in [1.807, 2.05) is 38.1 Å². The van der Waals surface area contributed by atoms with Crippen LogP contribution in [0.5, 0.6) is 0 Å². The molecular weight excluding hydrogens is 296 g/mol. The Morgan fingerprint density at radius 3 is 2.45 bits per heavy atom. The van der Waals surface area contributed by atoms with Gasteiger partial charge in [0.25, 0.3) is 10.0 Å². The zero-order chi connectivity index (χ0) is 15.9. The molecule has 2 N–H and O–H groups in total. The molecule has 0 radical (unpaired) electrons. The Morgan fingerprint density at radius 2 is 1.77 bits per heavy atom. The van der Waals surface area contributed by atoms with Gasteiger partial charge >= 0.3 is 0 Å². The lowest BCUT2D eigenvalue weighted by Crippen LogP contribution is -2.13. The molecule has 0 spiro atoms. The van der Waals surface area contributed by atoms with Crippen molar-refractivity contribution in [3.8, 4) is 0 Å². The molecule has 1 aliphatic heterocycles. The van der Waals surface area contributed by atoms with E-state index in [0.717, 1.165) is 28.8 Å². The van der Waals surface area contributed by atoms with E-state index < -0.39 is 10.0 Å². The Labute approximate surface area is 131 Å². The smallest absolute Gasteiger partial charge is 0.261 e. The van der Waals surface area contributed by atoms with Crippen LogP contribution in [0.1, 0.15) is 23.6 Å². The fourth-order valence-corrected chi connectivity index (χ4v) is 4.03. The molecule has 1 atom stereocenters. The summed E-state index contributed by atoms with van der Waals surface area (Å²) in [5.74, 6) is 0. The maximum Gasteiger partial charge on any atom is 0.261 e. The molecule has 0 aromatic heterocycles. The van der Waals surface area contributed by atoms with Gasteiger partial charge in [-0.25, -0.2) is 8.42 Å². The van der Waals surface area contributed by atoms with Crippen LogP contribution in [0.4, 0.5) is 11.4 Å². The highest BCUT2D eigenvalue weighted by Crippen LogP contribution is 2.29. The predicted octanol–water partition coefficient (Wildman–Crippen LogP) is 3.46. The van der Waals surface area contributed by atoms with Crippen molar-refractivity contribution in [1.29, 1.82) is 0 Å². The SMILES string of the molecule is Cc1cc(C)cc(NS(=O)(=O)c2ccc3c(c2)C[C@H](C)N3)c1. The Balaban J connectivity index is 1.92. The molecule has 0 aliphatic carbocycles. The highest BCUT2D eigenvalue weighted by atomic mass is 32.2. The second kappa shape index (κ2) is 5.32. The topological polar surface area (TPSA) is 58.2 Å². The first-order valence-electron chi connectivity index (χ1n) is 7.34. The van der Waals surface area contributed by atoms with Crippen molar-refractivity contribution in [2.75, 3.05) is 10.0 Å². The van der Waals surface area contributed by atoms with Gasteiger partial charge in [0.1, 0.15) is 0 Å². The maximum atomic E-state index is 12.6. The van der Waals surface area contributed by atoms with Gasteiger partial charge in [-0.3, -0.25) is 4.72 Å². The Morgan fingerprint density at radius 1 is 1.09 bits per heavy atom. The van der Waals surface area contributed by atoms with Crippen molar-refractivity contribution in [1.82, 2.24) is 0 Å². The maximum absolute atomic E-state index is 12.6. The van der Waals surface area contributed by atoms with Gasteiger partial charge in [0.2, 0.25) is 0 Å². The van der Waals surface area contributed by atoms with Gasteiger partial charge in [0, 0.05) is 17.4 Å². The van der Waals surface area contributed by atoms with Crippen LogP contribution in [-0.4, -0.2) is 14.5 Å². The van der Waals surface area contributed by atoms with Crippen molar-refractivity contribution in [3.05, 3.63) is 53.1 Å². The number of aryl methyl sites for hydroxylation is 2. The Bertz CT molecular complexity index is 808. The zero-order valence-corrected chi connectivity index (χ0v) is 13.8. The van der Waals surface area contributed by atoms with Gasteiger partial charge in [-0.05, 0) is 74.2 Å². The number of hydrogen-bond donors (Lipinski definition) is 2. The quantitative estimate of drug-likeness (QED) is 0.911. The molecule has 0 bridgehead atoms. The molecule has 0 saturated heterocycles. The van der Waals surface area contributed by atoms with Crippen molar-refractivity contribution in [2.24, 2.45) is 0 Å². The van der Waals surface area contributed by atoms with Crippen LogP contribution in [0.3, 0.4) is 0 Å². The first kappa shape index (κ1) is 14.9. The molecule has 1 heterocycles. The highest BCUT2D eigenvalue weighted by Gasteiger charge is 2.21. The summed E-state index contributed by atoms with van der Waals surface area (Å²) in [5.41, 5.74) is 4.74. The minimum Gasteiger partial charge on any atom is -0.382 e. The monoisotopic (exact) mass is 316 g/mol. The van der Waals surface area contributed by atoms with Crippen molar-refractivity contribution < 1.29 is 8.42 Å². The van der Waals surface area contributed by atoms with Crippen LogP contribution in [0, 0.1) is 13.8 Å². The summed E-state index contributed by atoms with van der Waals surface area (Å²) >= 11 is 0. The molecule has 116 valence electrons. The van der Waals surface area contributed by atoms with Crippen LogP contribution < -0.4 is 10.0 Å². The summed E-state index contributed by atoms with van der Waals surface area (Å²) in [6.45, 7) is 5.99. The number of nitrogens with one attached hydrogen (secondary N) is 2. The predicted molar refractivity (Wildman–Crippen MR) is 90.0 cm³/mol. The molecule has 0 saturated carbocycles. The molecule has 5 heteroatoms. The van der Waals surface area contributed by atoms with Crippen LogP contribution in [-0.2, 0) is 16.4 Å². The lowest BCUT2D eigenvalue weighted by Gasteiger charge is -2.11. The van der Waals surface area contributed by atoms with E-state index in [1.54, 1.807) is 12.1 Å². The van der Waals surface area contributed by atoms with Crippen LogP contribution in [0.2, 0.25) is 0 Å². The highest BCUT2D eigenvalue weighted by molar-refractivity contribution is 7.92. The first-order valence-corrected chi connectivity index (χ1v) is 8.82. The summed E-state index contributed by atoms with van der Waals surface area (Å²) in [6.07, 6.45) is 0.849. The van der Waals surface area contributed by atoms with Gasteiger partial charge < -0.3 is 5.32 Å². The average molecular weight is 316 g/mol. The fraction of sp³-hybridized carbons (Fsp3) is 0.294. The summed E-state index contributed by atoms with van der Waals surface area (Å²) in [4.78, 5) is 0.307. The molecule has 0 amide bonds. The van der Waals surface area contributed by atoms with E-state index in [0.29, 0.717) is 16.6 Å².